The molecule has 0 amide bonds. The molecule has 2 N–H and O–H groups in total. The molecule has 11 heteroatoms. The number of aliphatic hydroxyl groups is 1. The predicted octanol–water partition coefficient (Wildman–Crippen LogP) is 14.0. The Bertz CT molecular complexity index is 1230. The quantitative estimate of drug-likeness (QED) is 0.0153. The zero-order valence-electron chi connectivity index (χ0n) is 41.2. The van der Waals surface area contributed by atoms with Gasteiger partial charge in [0.2, 0.25) is 0 Å². The van der Waals surface area contributed by atoms with Gasteiger partial charge in [-0.05, 0) is 44.9 Å². The van der Waals surface area contributed by atoms with Crippen LogP contribution in [0.2, 0.25) is 0 Å². The van der Waals surface area contributed by atoms with E-state index in [4.69, 9.17) is 18.5 Å². The molecule has 1 unspecified atom stereocenters. The number of unbranched alkanes of at least 4 members (excludes halogenated alkanes) is 24. The normalized spacial score (nSPS) is 14.3. The molecule has 63 heavy (non-hydrogen) atoms. The molecule has 0 aliphatic rings. The zero-order valence-corrected chi connectivity index (χ0v) is 42.1. The van der Waals surface area contributed by atoms with Gasteiger partial charge in [-0.25, -0.2) is 4.57 Å². The van der Waals surface area contributed by atoms with Crippen LogP contribution >= 0.6 is 7.82 Å². The topological polar surface area (TPSA) is 129 Å². The number of carbonyl (C=O) groups excluding carboxylic acids is 2. The highest BCUT2D eigenvalue weighted by Gasteiger charge is 2.27. The first-order valence-corrected chi connectivity index (χ1v) is 27.0. The Hall–Kier alpha value is -2.07. The van der Waals surface area contributed by atoms with E-state index in [-0.39, 0.29) is 26.1 Å². The molecule has 3 atom stereocenters. The molecule has 0 saturated heterocycles. The van der Waals surface area contributed by atoms with Crippen LogP contribution in [0, 0.1) is 0 Å². The molecule has 0 radical (unpaired) electrons. The van der Waals surface area contributed by atoms with E-state index in [1.54, 1.807) is 6.08 Å². The summed E-state index contributed by atoms with van der Waals surface area (Å²) in [4.78, 5) is 35.5. The lowest BCUT2D eigenvalue weighted by atomic mass is 10.0. The summed E-state index contributed by atoms with van der Waals surface area (Å²) in [7, 11) is 1.41. The Morgan fingerprint density at radius 1 is 0.571 bits per heavy atom. The van der Waals surface area contributed by atoms with Crippen molar-refractivity contribution in [3.8, 4) is 0 Å². The van der Waals surface area contributed by atoms with Crippen molar-refractivity contribution in [2.24, 2.45) is 0 Å². The molecule has 0 aliphatic carbocycles. The van der Waals surface area contributed by atoms with E-state index >= 15 is 0 Å². The van der Waals surface area contributed by atoms with Crippen LogP contribution in [-0.4, -0.2) is 86.1 Å². The van der Waals surface area contributed by atoms with E-state index in [2.05, 4.69) is 19.9 Å². The summed E-state index contributed by atoms with van der Waals surface area (Å²) in [5, 5.41) is 10.1. The molecule has 0 aliphatic heterocycles. The monoisotopic (exact) mass is 911 g/mol. The van der Waals surface area contributed by atoms with Crippen LogP contribution < -0.4 is 0 Å². The second kappa shape index (κ2) is 43.8. The average Bonchev–Trinajstić information content (AvgIpc) is 3.23. The number of hydrogen-bond acceptors (Lipinski definition) is 8. The highest BCUT2D eigenvalue weighted by molar-refractivity contribution is 7.47. The predicted molar refractivity (Wildman–Crippen MR) is 263 cm³/mol. The number of quaternary nitrogens is 1. The molecule has 0 aromatic heterocycles. The van der Waals surface area contributed by atoms with Crippen molar-refractivity contribution in [3.63, 3.8) is 0 Å². The van der Waals surface area contributed by atoms with Crippen LogP contribution in [0.5, 0.6) is 0 Å². The molecule has 0 rings (SSSR count). The summed E-state index contributed by atoms with van der Waals surface area (Å²) in [6.45, 7) is 4.26. The second-order valence-corrected chi connectivity index (χ2v) is 19.9. The number of likely N-dealkylation sites (N-methyl/N-ethyl adjacent to an activating group) is 1. The molecule has 0 fully saturated rings. The van der Waals surface area contributed by atoms with Gasteiger partial charge in [0, 0.05) is 12.8 Å². The Morgan fingerprint density at radius 2 is 1.06 bits per heavy atom. The Balaban J connectivity index is 4.35. The van der Waals surface area contributed by atoms with E-state index in [9.17, 15) is 24.2 Å². The van der Waals surface area contributed by atoms with Crippen LogP contribution in [0.4, 0.5) is 0 Å². The fourth-order valence-electron chi connectivity index (χ4n) is 6.91. The summed E-state index contributed by atoms with van der Waals surface area (Å²) < 4.78 is 34.3. The van der Waals surface area contributed by atoms with E-state index in [1.807, 2.05) is 57.6 Å². The first-order chi connectivity index (χ1) is 30.4. The van der Waals surface area contributed by atoms with Gasteiger partial charge < -0.3 is 24.0 Å². The fourth-order valence-corrected chi connectivity index (χ4v) is 7.65. The first-order valence-electron chi connectivity index (χ1n) is 25.5. The highest BCUT2D eigenvalue weighted by atomic mass is 31.2. The molecule has 0 aromatic carbocycles. The molecule has 368 valence electrons. The summed E-state index contributed by atoms with van der Waals surface area (Å²) in [6, 6.07) is 0. The summed E-state index contributed by atoms with van der Waals surface area (Å²) >= 11 is 0. The fraction of sp³-hybridized carbons (Fsp3) is 0.808. The van der Waals surface area contributed by atoms with Crippen LogP contribution in [0.3, 0.4) is 0 Å². The van der Waals surface area contributed by atoms with E-state index in [0.717, 1.165) is 32.1 Å². The lowest BCUT2D eigenvalue weighted by Gasteiger charge is -2.24. The summed E-state index contributed by atoms with van der Waals surface area (Å²) in [6.07, 6.45) is 49.1. The smallest absolute Gasteiger partial charge is 0.462 e. The summed E-state index contributed by atoms with van der Waals surface area (Å²) in [5.41, 5.74) is 0. The number of rotatable bonds is 46. The SMILES string of the molecule is CCCCC/C=C\C=C/[C@H](O)C/C=C\C/C=C/CCCC(=O)O[C@H](COC(=O)CCCCCCCCCCCCCCCCCCCCCCC)COP(=O)(O)OCC[N+](C)(C)C. The number of esters is 2. The van der Waals surface area contributed by atoms with Gasteiger partial charge in [-0.2, -0.15) is 0 Å². The number of nitrogens with zero attached hydrogens (tertiary/aromatic N) is 1. The van der Waals surface area contributed by atoms with Gasteiger partial charge in [0.25, 0.3) is 0 Å². The molecular formula is C52H97NO9P+. The molecule has 0 saturated carbocycles. The summed E-state index contributed by atoms with van der Waals surface area (Å²) in [5.74, 6) is -0.899. The third-order valence-corrected chi connectivity index (χ3v) is 11.9. The van der Waals surface area contributed by atoms with Crippen molar-refractivity contribution in [1.29, 1.82) is 0 Å². The van der Waals surface area contributed by atoms with Crippen molar-refractivity contribution in [3.05, 3.63) is 48.6 Å². The van der Waals surface area contributed by atoms with Gasteiger partial charge in [-0.3, -0.25) is 18.6 Å². The van der Waals surface area contributed by atoms with Gasteiger partial charge >= 0.3 is 19.8 Å². The lowest BCUT2D eigenvalue weighted by molar-refractivity contribution is -0.870. The maximum Gasteiger partial charge on any atom is 0.472 e. The van der Waals surface area contributed by atoms with Crippen LogP contribution in [-0.2, 0) is 32.7 Å². The Morgan fingerprint density at radius 3 is 1.62 bits per heavy atom. The van der Waals surface area contributed by atoms with Crippen molar-refractivity contribution in [2.75, 3.05) is 47.5 Å². The maximum absolute atomic E-state index is 12.7. The zero-order chi connectivity index (χ0) is 46.5. The van der Waals surface area contributed by atoms with E-state index < -0.39 is 38.6 Å². The average molecular weight is 911 g/mol. The molecule has 0 bridgehead atoms. The number of ether oxygens (including phenoxy) is 2. The third-order valence-electron chi connectivity index (χ3n) is 10.9. The Kier molecular flexibility index (Phi) is 42.4. The minimum absolute atomic E-state index is 0.00988. The molecule has 10 nitrogen and oxygen atoms in total. The Labute approximate surface area is 386 Å². The number of phosphoric acid groups is 1. The maximum atomic E-state index is 12.7. The van der Waals surface area contributed by atoms with Crippen molar-refractivity contribution >= 4 is 19.8 Å². The number of hydrogen-bond donors (Lipinski definition) is 2. The number of carbonyl (C=O) groups is 2. The molecule has 0 aromatic rings. The minimum Gasteiger partial charge on any atom is -0.462 e. The van der Waals surface area contributed by atoms with Gasteiger partial charge in [-0.1, -0.05) is 204 Å². The third kappa shape index (κ3) is 47.7. The van der Waals surface area contributed by atoms with Crippen LogP contribution in [0.1, 0.15) is 213 Å². The molecular weight excluding hydrogens is 814 g/mol. The number of aliphatic hydroxyl groups excluding tert-OH is 1. The largest absolute Gasteiger partial charge is 0.472 e. The number of allylic oxidation sites excluding steroid dienone is 6. The van der Waals surface area contributed by atoms with E-state index in [1.165, 1.54) is 135 Å². The van der Waals surface area contributed by atoms with Gasteiger partial charge in [0.15, 0.2) is 6.10 Å². The number of phosphoric ester groups is 1. The molecule has 0 spiro atoms. The minimum atomic E-state index is -4.41. The second-order valence-electron chi connectivity index (χ2n) is 18.4. The first kappa shape index (κ1) is 60.9. The van der Waals surface area contributed by atoms with Crippen LogP contribution in [0.25, 0.3) is 0 Å². The standard InChI is InChI=1S/C52H96NO9P/c1-6-8-10-12-14-15-16-17-18-19-20-21-22-23-24-25-26-27-31-35-39-43-51(55)59-47-50(48-61-63(57,58)60-46-45-53(3,4)5)62-52(56)44-40-36-32-28-30-34-38-42-49(54)41-37-33-29-13-11-9-7-2/h28-29,32-34,37-38,41,49-50,54H,6-27,30-31,35-36,39-40,42-48H2,1-5H3/p+1/b32-28+,33-29-,38-34-,41-37-/t49-,50+/m0/s1. The van der Waals surface area contributed by atoms with Gasteiger partial charge in [0.1, 0.15) is 19.8 Å². The van der Waals surface area contributed by atoms with Crippen molar-refractivity contribution in [2.45, 2.75) is 225 Å². The highest BCUT2D eigenvalue weighted by Crippen LogP contribution is 2.43. The van der Waals surface area contributed by atoms with Crippen molar-refractivity contribution in [1.82, 2.24) is 0 Å². The van der Waals surface area contributed by atoms with E-state index in [0.29, 0.717) is 30.3 Å². The van der Waals surface area contributed by atoms with Gasteiger partial charge in [0.05, 0.1) is 33.9 Å². The van der Waals surface area contributed by atoms with Crippen molar-refractivity contribution < 1.29 is 47.2 Å². The molecule has 0 heterocycles. The lowest BCUT2D eigenvalue weighted by Crippen LogP contribution is -2.37. The van der Waals surface area contributed by atoms with Crippen LogP contribution in [0.15, 0.2) is 48.6 Å². The van der Waals surface area contributed by atoms with Gasteiger partial charge in [-0.15, -0.1) is 0 Å².